The number of aryl methyl sites for hydroxylation is 1. The molecule has 9 heteroatoms. The molecule has 4 rings (SSSR count). The predicted octanol–water partition coefficient (Wildman–Crippen LogP) is 5.83. The summed E-state index contributed by atoms with van der Waals surface area (Å²) in [5.41, 5.74) is 1.65. The van der Waals surface area contributed by atoms with E-state index in [4.69, 9.17) is 4.74 Å². The normalized spacial score (nSPS) is 11.6. The third-order valence-electron chi connectivity index (χ3n) is 4.96. The van der Waals surface area contributed by atoms with Crippen LogP contribution in [0.4, 0.5) is 17.6 Å². The lowest BCUT2D eigenvalue weighted by atomic mass is 10.00. The average Bonchev–Trinajstić information content (AvgIpc) is 2.75. The molecule has 0 fully saturated rings. The van der Waals surface area contributed by atoms with E-state index in [0.717, 1.165) is 18.2 Å². The Bertz CT molecular complexity index is 1360. The first-order chi connectivity index (χ1) is 15.6. The second-order valence-corrected chi connectivity index (χ2v) is 7.25. The number of aromatic nitrogens is 1. The fourth-order valence-electron chi connectivity index (χ4n) is 3.48. The summed E-state index contributed by atoms with van der Waals surface area (Å²) < 4.78 is 60.3. The zero-order valence-electron chi connectivity index (χ0n) is 17.2. The molecule has 0 amide bonds. The Morgan fingerprint density at radius 2 is 1.52 bits per heavy atom. The van der Waals surface area contributed by atoms with Crippen LogP contribution in [0, 0.1) is 12.7 Å². The highest BCUT2D eigenvalue weighted by Crippen LogP contribution is 2.29. The van der Waals surface area contributed by atoms with Crippen molar-refractivity contribution in [1.82, 2.24) is 4.98 Å². The van der Waals surface area contributed by atoms with Gasteiger partial charge in [0.2, 0.25) is 0 Å². The number of benzene rings is 3. The standard InChI is InChI=1S/C24H17F4NO4/c1-13-22(23(31)19-11-20(25)15(12-30)10-21(19)29-13)14-2-4-16(5-3-14)32-17-6-8-18(9-7-17)33-24(26,27)28/h2-11,30H,12H2,1H3,(H,29,31). The zero-order chi connectivity index (χ0) is 23.8. The van der Waals surface area contributed by atoms with Gasteiger partial charge in [0.1, 0.15) is 23.1 Å². The summed E-state index contributed by atoms with van der Waals surface area (Å²) in [6.07, 6.45) is -4.77. The van der Waals surface area contributed by atoms with Gasteiger partial charge in [0.25, 0.3) is 0 Å². The number of H-pyrrole nitrogens is 1. The predicted molar refractivity (Wildman–Crippen MR) is 114 cm³/mol. The first kappa shape index (κ1) is 22.3. The van der Waals surface area contributed by atoms with E-state index in [1.165, 1.54) is 18.2 Å². The molecule has 0 spiro atoms. The van der Waals surface area contributed by atoms with E-state index in [1.54, 1.807) is 31.2 Å². The minimum Gasteiger partial charge on any atom is -0.457 e. The number of aliphatic hydroxyl groups excluding tert-OH is 1. The van der Waals surface area contributed by atoms with Gasteiger partial charge in [0.05, 0.1) is 12.1 Å². The highest BCUT2D eigenvalue weighted by Gasteiger charge is 2.31. The SMILES string of the molecule is Cc1[nH]c2cc(CO)c(F)cc2c(=O)c1-c1ccc(Oc2ccc(OC(F)(F)F)cc2)cc1. The molecule has 33 heavy (non-hydrogen) atoms. The first-order valence-corrected chi connectivity index (χ1v) is 9.74. The number of pyridine rings is 1. The zero-order valence-corrected chi connectivity index (χ0v) is 17.2. The molecule has 170 valence electrons. The molecule has 0 saturated carbocycles. The molecule has 4 aromatic rings. The monoisotopic (exact) mass is 459 g/mol. The number of alkyl halides is 3. The third kappa shape index (κ3) is 4.83. The molecule has 0 aliphatic carbocycles. The number of halogens is 4. The Morgan fingerprint density at radius 3 is 2.09 bits per heavy atom. The van der Waals surface area contributed by atoms with Crippen LogP contribution in [0.3, 0.4) is 0 Å². The van der Waals surface area contributed by atoms with Gasteiger partial charge in [-0.15, -0.1) is 13.2 Å². The van der Waals surface area contributed by atoms with Crippen molar-refractivity contribution < 1.29 is 32.1 Å². The molecule has 2 N–H and O–H groups in total. The van der Waals surface area contributed by atoms with Crippen LogP contribution in [0.2, 0.25) is 0 Å². The van der Waals surface area contributed by atoms with Crippen LogP contribution in [-0.4, -0.2) is 16.5 Å². The summed E-state index contributed by atoms with van der Waals surface area (Å²) in [6.45, 7) is 1.23. The Labute approximate surface area is 184 Å². The van der Waals surface area contributed by atoms with Crippen LogP contribution in [0.25, 0.3) is 22.0 Å². The van der Waals surface area contributed by atoms with E-state index in [9.17, 15) is 27.5 Å². The summed E-state index contributed by atoms with van der Waals surface area (Å²) in [4.78, 5) is 16.1. The molecular formula is C24H17F4NO4. The van der Waals surface area contributed by atoms with E-state index < -0.39 is 18.8 Å². The molecule has 0 unspecified atom stereocenters. The Balaban J connectivity index is 1.60. The Morgan fingerprint density at radius 1 is 0.939 bits per heavy atom. The van der Waals surface area contributed by atoms with Crippen molar-refractivity contribution in [1.29, 1.82) is 0 Å². The van der Waals surface area contributed by atoms with Crippen LogP contribution in [-0.2, 0) is 6.61 Å². The number of fused-ring (bicyclic) bond motifs is 1. The van der Waals surface area contributed by atoms with Gasteiger partial charge < -0.3 is 19.6 Å². The van der Waals surface area contributed by atoms with Gasteiger partial charge >= 0.3 is 6.36 Å². The molecule has 3 aromatic carbocycles. The van der Waals surface area contributed by atoms with Crippen molar-refractivity contribution in [3.05, 3.63) is 88.0 Å². The fraction of sp³-hybridized carbons (Fsp3) is 0.125. The number of aromatic amines is 1. The quantitative estimate of drug-likeness (QED) is 0.369. The molecule has 0 saturated heterocycles. The van der Waals surface area contributed by atoms with Crippen molar-refractivity contribution in [3.8, 4) is 28.4 Å². The highest BCUT2D eigenvalue weighted by molar-refractivity contribution is 5.85. The first-order valence-electron chi connectivity index (χ1n) is 9.74. The lowest BCUT2D eigenvalue weighted by Crippen LogP contribution is -2.16. The number of aliphatic hydroxyl groups is 1. The Kier molecular flexibility index (Phi) is 5.82. The fourth-order valence-corrected chi connectivity index (χ4v) is 3.48. The maximum Gasteiger partial charge on any atom is 0.573 e. The van der Waals surface area contributed by atoms with Crippen molar-refractivity contribution in [3.63, 3.8) is 0 Å². The second-order valence-electron chi connectivity index (χ2n) is 7.25. The van der Waals surface area contributed by atoms with Gasteiger partial charge in [-0.2, -0.15) is 0 Å². The summed E-state index contributed by atoms with van der Waals surface area (Å²) in [5, 5.41) is 9.40. The topological polar surface area (TPSA) is 71.5 Å². The van der Waals surface area contributed by atoms with Crippen LogP contribution >= 0.6 is 0 Å². The largest absolute Gasteiger partial charge is 0.573 e. The number of rotatable bonds is 5. The maximum atomic E-state index is 14.1. The molecular weight excluding hydrogens is 442 g/mol. The maximum absolute atomic E-state index is 14.1. The molecule has 1 heterocycles. The van der Waals surface area contributed by atoms with E-state index in [0.29, 0.717) is 33.8 Å². The summed E-state index contributed by atoms with van der Waals surface area (Å²) in [7, 11) is 0. The number of hydrogen-bond acceptors (Lipinski definition) is 4. The third-order valence-corrected chi connectivity index (χ3v) is 4.96. The van der Waals surface area contributed by atoms with E-state index in [2.05, 4.69) is 9.72 Å². The number of hydrogen-bond donors (Lipinski definition) is 2. The Hall–Kier alpha value is -3.85. The van der Waals surface area contributed by atoms with E-state index >= 15 is 0 Å². The van der Waals surface area contributed by atoms with Gasteiger partial charge in [0, 0.05) is 22.2 Å². The van der Waals surface area contributed by atoms with Crippen LogP contribution in [0.5, 0.6) is 17.2 Å². The van der Waals surface area contributed by atoms with Gasteiger partial charge in [0.15, 0.2) is 5.43 Å². The lowest BCUT2D eigenvalue weighted by Gasteiger charge is -2.12. The van der Waals surface area contributed by atoms with Crippen LogP contribution in [0.1, 0.15) is 11.3 Å². The number of ether oxygens (including phenoxy) is 2. The van der Waals surface area contributed by atoms with Gasteiger partial charge in [-0.3, -0.25) is 4.79 Å². The minimum absolute atomic E-state index is 0.0878. The molecule has 0 aliphatic heterocycles. The molecule has 5 nitrogen and oxygen atoms in total. The van der Waals surface area contributed by atoms with Crippen LogP contribution < -0.4 is 14.9 Å². The summed E-state index contributed by atoms with van der Waals surface area (Å²) >= 11 is 0. The summed E-state index contributed by atoms with van der Waals surface area (Å²) in [5.74, 6) is -0.330. The van der Waals surface area contributed by atoms with Gasteiger partial charge in [-0.25, -0.2) is 4.39 Å². The minimum atomic E-state index is -4.77. The van der Waals surface area contributed by atoms with Crippen molar-refractivity contribution in [2.75, 3.05) is 0 Å². The van der Waals surface area contributed by atoms with E-state index in [1.807, 2.05) is 0 Å². The van der Waals surface area contributed by atoms with Crippen molar-refractivity contribution in [2.45, 2.75) is 19.9 Å². The molecule has 0 atom stereocenters. The van der Waals surface area contributed by atoms with Crippen LogP contribution in [0.15, 0.2) is 65.5 Å². The van der Waals surface area contributed by atoms with Crippen molar-refractivity contribution >= 4 is 10.9 Å². The van der Waals surface area contributed by atoms with Gasteiger partial charge in [-0.05, 0) is 61.0 Å². The highest BCUT2D eigenvalue weighted by atomic mass is 19.4. The van der Waals surface area contributed by atoms with E-state index in [-0.39, 0.29) is 22.1 Å². The second kappa shape index (κ2) is 8.59. The summed E-state index contributed by atoms with van der Waals surface area (Å²) in [6, 6.07) is 14.0. The smallest absolute Gasteiger partial charge is 0.457 e. The number of nitrogens with one attached hydrogen (secondary N) is 1. The average molecular weight is 459 g/mol. The van der Waals surface area contributed by atoms with Gasteiger partial charge in [-0.1, -0.05) is 12.1 Å². The van der Waals surface area contributed by atoms with Crippen molar-refractivity contribution in [2.24, 2.45) is 0 Å². The molecule has 0 aliphatic rings. The molecule has 0 bridgehead atoms. The molecule has 1 aromatic heterocycles. The molecule has 0 radical (unpaired) electrons. The lowest BCUT2D eigenvalue weighted by molar-refractivity contribution is -0.274.